The normalized spacial score (nSPS) is 16.6. The Balaban J connectivity index is 2.00. The van der Waals surface area contributed by atoms with Crippen LogP contribution in [0.1, 0.15) is 10.4 Å². The van der Waals surface area contributed by atoms with E-state index in [0.29, 0.717) is 31.7 Å². The van der Waals surface area contributed by atoms with Crippen LogP contribution in [-0.4, -0.2) is 89.4 Å². The van der Waals surface area contributed by atoms with Gasteiger partial charge in [-0.05, 0) is 45.4 Å². The molecule has 1 aromatic rings. The number of sulfonamides is 1. The summed E-state index contributed by atoms with van der Waals surface area (Å²) in [6.07, 6.45) is 0. The van der Waals surface area contributed by atoms with E-state index in [1.807, 2.05) is 26.0 Å². The summed E-state index contributed by atoms with van der Waals surface area (Å²) in [4.78, 5) is 18.5. The fraction of sp³-hybridized carbons (Fsp3) is 0.562. The first-order chi connectivity index (χ1) is 11.3. The van der Waals surface area contributed by atoms with Gasteiger partial charge in [0.15, 0.2) is 0 Å². The molecule has 0 aromatic heterocycles. The number of carbonyl (C=O) groups is 1. The van der Waals surface area contributed by atoms with Crippen molar-refractivity contribution >= 4 is 15.9 Å². The highest BCUT2D eigenvalue weighted by Crippen LogP contribution is 2.13. The fourth-order valence-electron chi connectivity index (χ4n) is 2.46. The van der Waals surface area contributed by atoms with E-state index in [0.717, 1.165) is 13.1 Å². The molecular weight excluding hydrogens is 328 g/mol. The minimum atomic E-state index is -3.54. The van der Waals surface area contributed by atoms with Crippen molar-refractivity contribution in [3.63, 3.8) is 0 Å². The molecule has 0 aliphatic carbocycles. The number of hydrogen-bond acceptors (Lipinski definition) is 5. The summed E-state index contributed by atoms with van der Waals surface area (Å²) in [6.45, 7) is 4.07. The van der Waals surface area contributed by atoms with E-state index in [1.165, 1.54) is 12.1 Å². The van der Waals surface area contributed by atoms with Gasteiger partial charge in [-0.3, -0.25) is 4.79 Å². The lowest BCUT2D eigenvalue weighted by Crippen LogP contribution is -2.47. The summed E-state index contributed by atoms with van der Waals surface area (Å²) in [5, 5.41) is 0. The molecule has 0 bridgehead atoms. The molecule has 0 unspecified atom stereocenters. The molecule has 134 valence electrons. The SMILES string of the molecule is CN(C)CCNS(=O)(=O)c1ccc(C(=O)N2CCN(C)CC2)cc1. The average Bonchev–Trinajstić information content (AvgIpc) is 2.54. The van der Waals surface area contributed by atoms with Gasteiger partial charge in [0.2, 0.25) is 10.0 Å². The van der Waals surface area contributed by atoms with Crippen LogP contribution < -0.4 is 4.72 Å². The van der Waals surface area contributed by atoms with E-state index in [2.05, 4.69) is 9.62 Å². The molecule has 0 atom stereocenters. The van der Waals surface area contributed by atoms with E-state index >= 15 is 0 Å². The minimum absolute atomic E-state index is 0.0485. The zero-order valence-electron chi connectivity index (χ0n) is 14.5. The Kier molecular flexibility index (Phi) is 6.34. The standard InChI is InChI=1S/C16H26N4O3S/c1-18(2)9-8-17-24(22,23)15-6-4-14(5-7-15)16(21)20-12-10-19(3)11-13-20/h4-7,17H,8-13H2,1-3H3. The maximum atomic E-state index is 12.5. The van der Waals surface area contributed by atoms with Gasteiger partial charge in [0, 0.05) is 44.8 Å². The first-order valence-electron chi connectivity index (χ1n) is 8.02. The third kappa shape index (κ3) is 5.01. The molecule has 0 radical (unpaired) electrons. The molecule has 1 saturated heterocycles. The molecule has 1 aromatic carbocycles. The molecule has 0 saturated carbocycles. The molecule has 24 heavy (non-hydrogen) atoms. The van der Waals surface area contributed by atoms with Crippen molar-refractivity contribution in [1.29, 1.82) is 0 Å². The highest BCUT2D eigenvalue weighted by Gasteiger charge is 2.21. The number of likely N-dealkylation sites (N-methyl/N-ethyl adjacent to an activating group) is 2. The highest BCUT2D eigenvalue weighted by molar-refractivity contribution is 7.89. The number of carbonyl (C=O) groups excluding carboxylic acids is 1. The van der Waals surface area contributed by atoms with Crippen molar-refractivity contribution in [2.45, 2.75) is 4.90 Å². The van der Waals surface area contributed by atoms with E-state index in [1.54, 1.807) is 17.0 Å². The Morgan fingerprint density at radius 1 is 1.12 bits per heavy atom. The summed E-state index contributed by atoms with van der Waals surface area (Å²) in [5.41, 5.74) is 0.520. The maximum Gasteiger partial charge on any atom is 0.253 e. The molecular formula is C16H26N4O3S. The molecule has 0 spiro atoms. The van der Waals surface area contributed by atoms with E-state index in [4.69, 9.17) is 0 Å². The molecule has 1 N–H and O–H groups in total. The van der Waals surface area contributed by atoms with Crippen molar-refractivity contribution in [3.05, 3.63) is 29.8 Å². The number of amides is 1. The lowest BCUT2D eigenvalue weighted by atomic mass is 10.2. The van der Waals surface area contributed by atoms with E-state index in [-0.39, 0.29) is 10.8 Å². The molecule has 1 aliphatic rings. The van der Waals surface area contributed by atoms with Gasteiger partial charge in [0.1, 0.15) is 0 Å². The van der Waals surface area contributed by atoms with Crippen LogP contribution in [0.25, 0.3) is 0 Å². The van der Waals surface area contributed by atoms with Crippen LogP contribution in [-0.2, 0) is 10.0 Å². The van der Waals surface area contributed by atoms with Crippen LogP contribution >= 0.6 is 0 Å². The van der Waals surface area contributed by atoms with Gasteiger partial charge in [0.05, 0.1) is 4.90 Å². The summed E-state index contributed by atoms with van der Waals surface area (Å²) in [5.74, 6) is -0.0485. The number of nitrogens with one attached hydrogen (secondary N) is 1. The Labute approximate surface area is 144 Å². The lowest BCUT2D eigenvalue weighted by Gasteiger charge is -2.32. The summed E-state index contributed by atoms with van der Waals surface area (Å²) in [6, 6.07) is 6.14. The topological polar surface area (TPSA) is 73.0 Å². The summed E-state index contributed by atoms with van der Waals surface area (Å²) < 4.78 is 27.0. The molecule has 8 heteroatoms. The van der Waals surface area contributed by atoms with Gasteiger partial charge >= 0.3 is 0 Å². The zero-order valence-corrected chi connectivity index (χ0v) is 15.3. The van der Waals surface area contributed by atoms with Gasteiger partial charge in [-0.2, -0.15) is 0 Å². The number of hydrogen-bond donors (Lipinski definition) is 1. The van der Waals surface area contributed by atoms with Crippen molar-refractivity contribution in [3.8, 4) is 0 Å². The van der Waals surface area contributed by atoms with E-state index < -0.39 is 10.0 Å². The third-order valence-electron chi connectivity index (χ3n) is 4.05. The first-order valence-corrected chi connectivity index (χ1v) is 9.50. The smallest absolute Gasteiger partial charge is 0.253 e. The second kappa shape index (κ2) is 8.06. The monoisotopic (exact) mass is 354 g/mol. The second-order valence-electron chi connectivity index (χ2n) is 6.32. The first kappa shape index (κ1) is 18.9. The van der Waals surface area contributed by atoms with Crippen LogP contribution in [0.2, 0.25) is 0 Å². The van der Waals surface area contributed by atoms with Crippen LogP contribution in [0.4, 0.5) is 0 Å². The summed E-state index contributed by atoms with van der Waals surface area (Å²) in [7, 11) is 2.26. The van der Waals surface area contributed by atoms with Crippen molar-refractivity contribution in [1.82, 2.24) is 19.4 Å². The van der Waals surface area contributed by atoms with Crippen molar-refractivity contribution in [2.75, 3.05) is 60.4 Å². The van der Waals surface area contributed by atoms with Crippen molar-refractivity contribution in [2.24, 2.45) is 0 Å². The zero-order chi connectivity index (χ0) is 17.7. The van der Waals surface area contributed by atoms with E-state index in [9.17, 15) is 13.2 Å². The fourth-order valence-corrected chi connectivity index (χ4v) is 3.48. The highest BCUT2D eigenvalue weighted by atomic mass is 32.2. The molecule has 1 aliphatic heterocycles. The second-order valence-corrected chi connectivity index (χ2v) is 8.09. The predicted molar refractivity (Wildman–Crippen MR) is 93.6 cm³/mol. The van der Waals surface area contributed by atoms with Crippen LogP contribution in [0.3, 0.4) is 0 Å². The molecule has 7 nitrogen and oxygen atoms in total. The van der Waals surface area contributed by atoms with Gasteiger partial charge < -0.3 is 14.7 Å². The number of nitrogens with zero attached hydrogens (tertiary/aromatic N) is 3. The number of rotatable bonds is 6. The Morgan fingerprint density at radius 2 is 1.71 bits per heavy atom. The molecule has 1 heterocycles. The predicted octanol–water partition coefficient (Wildman–Crippen LogP) is -0.0859. The molecule has 2 rings (SSSR count). The number of piperazine rings is 1. The van der Waals surface area contributed by atoms with Crippen LogP contribution in [0.5, 0.6) is 0 Å². The van der Waals surface area contributed by atoms with Gasteiger partial charge in [-0.1, -0.05) is 0 Å². The largest absolute Gasteiger partial charge is 0.336 e. The quantitative estimate of drug-likeness (QED) is 0.773. The Bertz CT molecular complexity index is 650. The molecule has 1 amide bonds. The van der Waals surface area contributed by atoms with Crippen LogP contribution in [0.15, 0.2) is 29.2 Å². The Hall–Kier alpha value is -1.48. The van der Waals surface area contributed by atoms with Gasteiger partial charge in [-0.15, -0.1) is 0 Å². The third-order valence-corrected chi connectivity index (χ3v) is 5.53. The minimum Gasteiger partial charge on any atom is -0.336 e. The summed E-state index contributed by atoms with van der Waals surface area (Å²) >= 11 is 0. The lowest BCUT2D eigenvalue weighted by molar-refractivity contribution is 0.0664. The maximum absolute atomic E-state index is 12.5. The van der Waals surface area contributed by atoms with Crippen LogP contribution in [0, 0.1) is 0 Å². The van der Waals surface area contributed by atoms with Gasteiger partial charge in [-0.25, -0.2) is 13.1 Å². The van der Waals surface area contributed by atoms with Gasteiger partial charge in [0.25, 0.3) is 5.91 Å². The number of benzene rings is 1. The Morgan fingerprint density at radius 3 is 2.25 bits per heavy atom. The van der Waals surface area contributed by atoms with Crippen molar-refractivity contribution < 1.29 is 13.2 Å². The molecule has 1 fully saturated rings. The average molecular weight is 354 g/mol.